The Morgan fingerprint density at radius 2 is 1.70 bits per heavy atom. The maximum Gasteiger partial charge on any atom is 0.337 e. The second-order valence-corrected chi connectivity index (χ2v) is 5.11. The number of carbonyl (C=O) groups is 1. The zero-order chi connectivity index (χ0) is 14.7. The summed E-state index contributed by atoms with van der Waals surface area (Å²) in [5.41, 5.74) is 0.907. The summed E-state index contributed by atoms with van der Waals surface area (Å²) in [7, 11) is 0. The highest BCUT2D eigenvalue weighted by Crippen LogP contribution is 2.28. The molecule has 0 aliphatic rings. The van der Waals surface area contributed by atoms with Gasteiger partial charge in [-0.05, 0) is 24.3 Å². The van der Waals surface area contributed by atoms with E-state index in [2.05, 4.69) is 4.99 Å². The number of aromatic carboxylic acids is 1. The van der Waals surface area contributed by atoms with Crippen molar-refractivity contribution >= 4 is 52.7 Å². The number of rotatable bonds is 3. The summed E-state index contributed by atoms with van der Waals surface area (Å²) < 4.78 is 0. The SMILES string of the molecule is O=C(O)c1ccccc1/N=C/c1c(Cl)cc(Cl)cc1Cl. The predicted molar refractivity (Wildman–Crippen MR) is 82.1 cm³/mol. The molecule has 2 rings (SSSR count). The highest BCUT2D eigenvalue weighted by molar-refractivity contribution is 6.41. The number of aliphatic imine (C=N–C) groups is 1. The first kappa shape index (κ1) is 14.9. The van der Waals surface area contributed by atoms with E-state index in [0.717, 1.165) is 0 Å². The first-order valence-electron chi connectivity index (χ1n) is 5.50. The van der Waals surface area contributed by atoms with Gasteiger partial charge in [0.05, 0.1) is 21.3 Å². The van der Waals surface area contributed by atoms with Crippen molar-refractivity contribution in [3.63, 3.8) is 0 Å². The first-order chi connectivity index (χ1) is 9.49. The molecule has 0 fully saturated rings. The van der Waals surface area contributed by atoms with Gasteiger partial charge < -0.3 is 5.11 Å². The van der Waals surface area contributed by atoms with Crippen LogP contribution in [0.2, 0.25) is 15.1 Å². The number of para-hydroxylation sites is 1. The van der Waals surface area contributed by atoms with Gasteiger partial charge in [-0.1, -0.05) is 46.9 Å². The summed E-state index contributed by atoms with van der Waals surface area (Å²) in [6.07, 6.45) is 1.42. The van der Waals surface area contributed by atoms with Crippen molar-refractivity contribution in [3.05, 3.63) is 62.6 Å². The van der Waals surface area contributed by atoms with E-state index in [1.54, 1.807) is 30.3 Å². The van der Waals surface area contributed by atoms with Gasteiger partial charge >= 0.3 is 5.97 Å². The van der Waals surface area contributed by atoms with Gasteiger partial charge in [-0.15, -0.1) is 0 Å². The lowest BCUT2D eigenvalue weighted by atomic mass is 10.2. The first-order valence-corrected chi connectivity index (χ1v) is 6.63. The van der Waals surface area contributed by atoms with Gasteiger partial charge in [-0.2, -0.15) is 0 Å². The number of nitrogens with zero attached hydrogens (tertiary/aromatic N) is 1. The van der Waals surface area contributed by atoms with Crippen LogP contribution < -0.4 is 0 Å². The Bertz CT molecular complexity index is 676. The van der Waals surface area contributed by atoms with E-state index < -0.39 is 5.97 Å². The molecule has 0 heterocycles. The Kier molecular flexibility index (Phi) is 4.65. The molecule has 2 aromatic rings. The molecule has 0 aliphatic heterocycles. The van der Waals surface area contributed by atoms with Gasteiger partial charge in [0.15, 0.2) is 0 Å². The topological polar surface area (TPSA) is 49.7 Å². The smallest absolute Gasteiger partial charge is 0.337 e. The van der Waals surface area contributed by atoms with Crippen molar-refractivity contribution in [2.24, 2.45) is 4.99 Å². The summed E-state index contributed by atoms with van der Waals surface area (Å²) in [5.74, 6) is -1.05. The largest absolute Gasteiger partial charge is 0.478 e. The van der Waals surface area contributed by atoms with Crippen LogP contribution in [0.15, 0.2) is 41.4 Å². The zero-order valence-electron chi connectivity index (χ0n) is 9.98. The van der Waals surface area contributed by atoms with E-state index in [1.165, 1.54) is 12.3 Å². The van der Waals surface area contributed by atoms with Crippen molar-refractivity contribution in [2.45, 2.75) is 0 Å². The van der Waals surface area contributed by atoms with Gasteiger partial charge in [0.2, 0.25) is 0 Å². The Labute approximate surface area is 130 Å². The standard InChI is InChI=1S/C14H8Cl3NO2/c15-8-5-11(16)10(12(17)6-8)7-18-13-4-2-1-3-9(13)14(19)20/h1-7H,(H,19,20)/b18-7+. The van der Waals surface area contributed by atoms with E-state index in [1.807, 2.05) is 0 Å². The Hall–Kier alpha value is -1.55. The number of hydrogen-bond donors (Lipinski definition) is 1. The summed E-state index contributed by atoms with van der Waals surface area (Å²) >= 11 is 17.9. The van der Waals surface area contributed by atoms with Crippen molar-refractivity contribution in [2.75, 3.05) is 0 Å². The van der Waals surface area contributed by atoms with E-state index in [-0.39, 0.29) is 5.56 Å². The maximum atomic E-state index is 11.1. The average Bonchev–Trinajstić information content (AvgIpc) is 2.37. The Morgan fingerprint density at radius 3 is 2.30 bits per heavy atom. The third kappa shape index (κ3) is 3.31. The summed E-state index contributed by atoms with van der Waals surface area (Å²) in [6, 6.07) is 9.48. The van der Waals surface area contributed by atoms with Crippen LogP contribution in [0.3, 0.4) is 0 Å². The molecule has 0 aromatic heterocycles. The fourth-order valence-electron chi connectivity index (χ4n) is 1.58. The molecule has 0 radical (unpaired) electrons. The molecular weight excluding hydrogens is 321 g/mol. The van der Waals surface area contributed by atoms with E-state index in [9.17, 15) is 4.79 Å². The van der Waals surface area contributed by atoms with Crippen LogP contribution in [0, 0.1) is 0 Å². The molecule has 0 spiro atoms. The molecule has 0 aliphatic carbocycles. The van der Waals surface area contributed by atoms with Gasteiger partial charge in [-0.3, -0.25) is 4.99 Å². The van der Waals surface area contributed by atoms with Crippen LogP contribution in [0.4, 0.5) is 5.69 Å². The quantitative estimate of drug-likeness (QED) is 0.797. The molecule has 6 heteroatoms. The van der Waals surface area contributed by atoms with Crippen molar-refractivity contribution in [3.8, 4) is 0 Å². The highest BCUT2D eigenvalue weighted by Gasteiger charge is 2.09. The minimum Gasteiger partial charge on any atom is -0.478 e. The molecule has 0 unspecified atom stereocenters. The third-order valence-electron chi connectivity index (χ3n) is 2.51. The Morgan fingerprint density at radius 1 is 1.10 bits per heavy atom. The summed E-state index contributed by atoms with van der Waals surface area (Å²) in [4.78, 5) is 15.2. The normalized spacial score (nSPS) is 10.9. The van der Waals surface area contributed by atoms with Gasteiger partial charge in [0.25, 0.3) is 0 Å². The van der Waals surface area contributed by atoms with Crippen LogP contribution in [0.1, 0.15) is 15.9 Å². The number of halogens is 3. The van der Waals surface area contributed by atoms with E-state index in [4.69, 9.17) is 39.9 Å². The highest BCUT2D eigenvalue weighted by atomic mass is 35.5. The molecule has 0 amide bonds. The number of hydrogen-bond acceptors (Lipinski definition) is 2. The Balaban J connectivity index is 2.43. The van der Waals surface area contributed by atoms with Crippen LogP contribution in [-0.4, -0.2) is 17.3 Å². The second-order valence-electron chi connectivity index (χ2n) is 3.86. The lowest BCUT2D eigenvalue weighted by molar-refractivity contribution is 0.0698. The number of carboxylic acids is 1. The number of carboxylic acid groups (broad SMARTS) is 1. The van der Waals surface area contributed by atoms with E-state index >= 15 is 0 Å². The predicted octanol–water partition coefficient (Wildman–Crippen LogP) is 5.10. The second kappa shape index (κ2) is 6.27. The zero-order valence-corrected chi connectivity index (χ0v) is 12.2. The fraction of sp³-hybridized carbons (Fsp3) is 0. The summed E-state index contributed by atoms with van der Waals surface area (Å²) in [6.45, 7) is 0. The van der Waals surface area contributed by atoms with Crippen LogP contribution in [0.25, 0.3) is 0 Å². The molecule has 0 saturated heterocycles. The van der Waals surface area contributed by atoms with Crippen molar-refractivity contribution < 1.29 is 9.90 Å². The van der Waals surface area contributed by atoms with Crippen LogP contribution in [0.5, 0.6) is 0 Å². The monoisotopic (exact) mass is 327 g/mol. The van der Waals surface area contributed by atoms with Gasteiger partial charge in [0, 0.05) is 16.8 Å². The van der Waals surface area contributed by atoms with Crippen LogP contribution in [-0.2, 0) is 0 Å². The maximum absolute atomic E-state index is 11.1. The molecular formula is C14H8Cl3NO2. The molecule has 102 valence electrons. The lowest BCUT2D eigenvalue weighted by Gasteiger charge is -2.03. The fourth-order valence-corrected chi connectivity index (χ4v) is 2.49. The minimum atomic E-state index is -1.05. The van der Waals surface area contributed by atoms with E-state index in [0.29, 0.717) is 26.3 Å². The number of benzene rings is 2. The molecule has 3 nitrogen and oxygen atoms in total. The van der Waals surface area contributed by atoms with Crippen molar-refractivity contribution in [1.82, 2.24) is 0 Å². The van der Waals surface area contributed by atoms with Gasteiger partial charge in [-0.25, -0.2) is 4.79 Å². The molecule has 2 aromatic carbocycles. The summed E-state index contributed by atoms with van der Waals surface area (Å²) in [5, 5.41) is 10.2. The third-order valence-corrected chi connectivity index (χ3v) is 3.35. The minimum absolute atomic E-state index is 0.102. The van der Waals surface area contributed by atoms with Gasteiger partial charge in [0.1, 0.15) is 0 Å². The molecule has 1 N–H and O–H groups in total. The molecule has 20 heavy (non-hydrogen) atoms. The molecule has 0 saturated carbocycles. The molecule has 0 atom stereocenters. The van der Waals surface area contributed by atoms with Crippen molar-refractivity contribution in [1.29, 1.82) is 0 Å². The van der Waals surface area contributed by atoms with Crippen LogP contribution >= 0.6 is 34.8 Å². The average molecular weight is 329 g/mol. The lowest BCUT2D eigenvalue weighted by Crippen LogP contribution is -1.96. The molecule has 0 bridgehead atoms.